The van der Waals surface area contributed by atoms with Crippen LogP contribution in [-0.2, 0) is 9.31 Å². The van der Waals surface area contributed by atoms with Gasteiger partial charge in [0.1, 0.15) is 0 Å². The molecule has 0 N–H and O–H groups in total. The molecule has 1 aromatic carbocycles. The van der Waals surface area contributed by atoms with E-state index in [-0.39, 0.29) is 17.1 Å². The van der Waals surface area contributed by atoms with Gasteiger partial charge < -0.3 is 14.2 Å². The highest BCUT2D eigenvalue weighted by atomic mass is 16.7. The van der Waals surface area contributed by atoms with E-state index in [1.54, 1.807) is 4.57 Å². The molecule has 0 saturated carbocycles. The first-order valence-corrected chi connectivity index (χ1v) is 10.1. The second-order valence-corrected chi connectivity index (χ2v) is 9.07. The van der Waals surface area contributed by atoms with E-state index in [9.17, 15) is 4.79 Å². The number of piperazine rings is 1. The lowest BCUT2D eigenvalue weighted by Crippen LogP contribution is -2.46. The zero-order valence-electron chi connectivity index (χ0n) is 17.6. The Morgan fingerprint density at radius 3 is 2.32 bits per heavy atom. The minimum absolute atomic E-state index is 0.102. The molecule has 6 nitrogen and oxygen atoms in total. The third kappa shape index (κ3) is 3.52. The topological polar surface area (TPSA) is 46.9 Å². The first kappa shape index (κ1) is 19.6. The molecule has 0 amide bonds. The van der Waals surface area contributed by atoms with Crippen molar-refractivity contribution in [3.8, 4) is 0 Å². The van der Waals surface area contributed by atoms with Crippen LogP contribution < -0.4 is 5.46 Å². The first-order valence-electron chi connectivity index (χ1n) is 10.1. The van der Waals surface area contributed by atoms with Gasteiger partial charge in [0.2, 0.25) is 5.91 Å². The normalized spacial score (nSPS) is 22.8. The van der Waals surface area contributed by atoms with E-state index in [4.69, 9.17) is 9.31 Å². The maximum atomic E-state index is 13.0. The molecular formula is C21H30BN3O3. The van der Waals surface area contributed by atoms with E-state index in [2.05, 4.69) is 16.8 Å². The predicted octanol–water partition coefficient (Wildman–Crippen LogP) is 1.83. The van der Waals surface area contributed by atoms with Crippen molar-refractivity contribution in [1.82, 2.24) is 14.4 Å². The van der Waals surface area contributed by atoms with Gasteiger partial charge >= 0.3 is 7.12 Å². The van der Waals surface area contributed by atoms with Crippen molar-refractivity contribution < 1.29 is 14.1 Å². The summed E-state index contributed by atoms with van der Waals surface area (Å²) in [7, 11) is 1.70. The monoisotopic (exact) mass is 383 g/mol. The van der Waals surface area contributed by atoms with E-state index < -0.39 is 7.12 Å². The molecule has 0 radical (unpaired) electrons. The maximum Gasteiger partial charge on any atom is 0.494 e. The van der Waals surface area contributed by atoms with Crippen LogP contribution in [0.25, 0.3) is 10.9 Å². The van der Waals surface area contributed by atoms with Gasteiger partial charge in [-0.2, -0.15) is 0 Å². The van der Waals surface area contributed by atoms with Gasteiger partial charge in [-0.1, -0.05) is 12.1 Å². The number of carbonyl (C=O) groups excluding carboxylic acids is 1. The van der Waals surface area contributed by atoms with Gasteiger partial charge in [0, 0.05) is 37.8 Å². The molecule has 0 aliphatic carbocycles. The highest BCUT2D eigenvalue weighted by Crippen LogP contribution is 2.36. The molecule has 3 heterocycles. The lowest BCUT2D eigenvalue weighted by molar-refractivity contribution is 0.00578. The number of hydrogen-bond donors (Lipinski definition) is 0. The minimum atomic E-state index is -0.425. The Balaban J connectivity index is 1.56. The van der Waals surface area contributed by atoms with Crippen molar-refractivity contribution >= 4 is 29.4 Å². The summed E-state index contributed by atoms with van der Waals surface area (Å²) < 4.78 is 14.1. The highest BCUT2D eigenvalue weighted by Gasteiger charge is 2.51. The van der Waals surface area contributed by atoms with E-state index in [1.807, 2.05) is 58.2 Å². The molecule has 2 saturated heterocycles. The SMILES string of the molecule is CN1CCN(CC(=O)n2ccc3ccc(B4OC(C)(C)C(C)(C)O4)cc32)CC1. The number of hydrogen-bond acceptors (Lipinski definition) is 5. The summed E-state index contributed by atoms with van der Waals surface area (Å²) in [6.07, 6.45) is 1.87. The molecule has 2 aliphatic heterocycles. The van der Waals surface area contributed by atoms with Crippen LogP contribution in [0, 0.1) is 0 Å². The van der Waals surface area contributed by atoms with Crippen molar-refractivity contribution in [3.05, 3.63) is 30.5 Å². The molecule has 0 spiro atoms. The Morgan fingerprint density at radius 2 is 1.68 bits per heavy atom. The van der Waals surface area contributed by atoms with Gasteiger partial charge in [0.25, 0.3) is 0 Å². The van der Waals surface area contributed by atoms with Crippen molar-refractivity contribution in [2.75, 3.05) is 39.8 Å². The van der Waals surface area contributed by atoms with Gasteiger partial charge in [0.05, 0.1) is 23.3 Å². The maximum absolute atomic E-state index is 13.0. The molecule has 2 aliphatic rings. The van der Waals surface area contributed by atoms with Gasteiger partial charge in [-0.25, -0.2) is 0 Å². The smallest absolute Gasteiger partial charge is 0.399 e. The summed E-state index contributed by atoms with van der Waals surface area (Å²) in [5.74, 6) is 0.102. The van der Waals surface area contributed by atoms with Crippen LogP contribution in [0.3, 0.4) is 0 Å². The molecule has 150 valence electrons. The van der Waals surface area contributed by atoms with Gasteiger partial charge in [-0.3, -0.25) is 14.3 Å². The van der Waals surface area contributed by atoms with Crippen molar-refractivity contribution in [2.45, 2.75) is 38.9 Å². The van der Waals surface area contributed by atoms with Gasteiger partial charge in [-0.15, -0.1) is 0 Å². The van der Waals surface area contributed by atoms with Crippen LogP contribution in [0.4, 0.5) is 0 Å². The van der Waals surface area contributed by atoms with Crippen LogP contribution in [0.15, 0.2) is 30.5 Å². The lowest BCUT2D eigenvalue weighted by Gasteiger charge is -2.32. The quantitative estimate of drug-likeness (QED) is 0.757. The Morgan fingerprint density at radius 1 is 1.04 bits per heavy atom. The average Bonchev–Trinajstić information content (AvgIpc) is 3.14. The number of aromatic nitrogens is 1. The molecule has 0 atom stereocenters. The second kappa shape index (κ2) is 6.99. The number of likely N-dealkylation sites (N-methyl/N-ethyl adjacent to an activating group) is 1. The summed E-state index contributed by atoms with van der Waals surface area (Å²) in [5, 5.41) is 1.05. The third-order valence-corrected chi connectivity index (χ3v) is 6.47. The fourth-order valence-corrected chi connectivity index (χ4v) is 3.76. The Hall–Kier alpha value is -1.67. The molecular weight excluding hydrogens is 353 g/mol. The highest BCUT2D eigenvalue weighted by molar-refractivity contribution is 6.62. The van der Waals surface area contributed by atoms with E-state index in [0.717, 1.165) is 42.5 Å². The minimum Gasteiger partial charge on any atom is -0.399 e. The number of carbonyl (C=O) groups is 1. The predicted molar refractivity (Wildman–Crippen MR) is 112 cm³/mol. The molecule has 1 aromatic heterocycles. The Bertz CT molecular complexity index is 868. The molecule has 0 unspecified atom stereocenters. The molecule has 28 heavy (non-hydrogen) atoms. The fourth-order valence-electron chi connectivity index (χ4n) is 3.76. The summed E-state index contributed by atoms with van der Waals surface area (Å²) in [5.41, 5.74) is 1.09. The van der Waals surface area contributed by atoms with Crippen LogP contribution in [0.5, 0.6) is 0 Å². The zero-order chi connectivity index (χ0) is 20.1. The summed E-state index contributed by atoms with van der Waals surface area (Å²) >= 11 is 0. The van der Waals surface area contributed by atoms with Crippen LogP contribution in [0.2, 0.25) is 0 Å². The van der Waals surface area contributed by atoms with Crippen molar-refractivity contribution in [1.29, 1.82) is 0 Å². The molecule has 0 bridgehead atoms. The zero-order valence-corrected chi connectivity index (χ0v) is 17.6. The van der Waals surface area contributed by atoms with E-state index >= 15 is 0 Å². The third-order valence-electron chi connectivity index (χ3n) is 6.47. The van der Waals surface area contributed by atoms with Gasteiger partial charge in [0.15, 0.2) is 0 Å². The van der Waals surface area contributed by atoms with Crippen LogP contribution >= 0.6 is 0 Å². The largest absolute Gasteiger partial charge is 0.494 e. The van der Waals surface area contributed by atoms with Crippen LogP contribution in [0.1, 0.15) is 32.5 Å². The molecule has 2 fully saturated rings. The van der Waals surface area contributed by atoms with E-state index in [1.165, 1.54) is 0 Å². The molecule has 4 rings (SSSR count). The van der Waals surface area contributed by atoms with Gasteiger partial charge in [-0.05, 0) is 52.3 Å². The second-order valence-electron chi connectivity index (χ2n) is 9.07. The molecule has 2 aromatic rings. The average molecular weight is 383 g/mol. The molecule has 7 heteroatoms. The Labute approximate surface area is 167 Å². The number of rotatable bonds is 3. The summed E-state index contributed by atoms with van der Waals surface area (Å²) in [6, 6.07) is 8.08. The first-order chi connectivity index (χ1) is 13.2. The van der Waals surface area contributed by atoms with Crippen LogP contribution in [-0.4, -0.2) is 78.4 Å². The summed E-state index contributed by atoms with van der Waals surface area (Å²) in [6.45, 7) is 12.5. The number of benzene rings is 1. The van der Waals surface area contributed by atoms with E-state index in [0.29, 0.717) is 6.54 Å². The van der Waals surface area contributed by atoms with Crippen molar-refractivity contribution in [2.24, 2.45) is 0 Å². The Kier molecular flexibility index (Phi) is 4.90. The fraction of sp³-hybridized carbons (Fsp3) is 0.571. The number of fused-ring (bicyclic) bond motifs is 1. The number of nitrogens with zero attached hydrogens (tertiary/aromatic N) is 3. The summed E-state index contributed by atoms with van der Waals surface area (Å²) in [4.78, 5) is 17.5. The lowest BCUT2D eigenvalue weighted by atomic mass is 9.79. The van der Waals surface area contributed by atoms with Crippen molar-refractivity contribution in [3.63, 3.8) is 0 Å². The standard InChI is InChI=1S/C21H30BN3O3/c1-20(2)21(3,4)28-22(27-20)17-7-6-16-8-9-25(18(16)14-17)19(26)15-24-12-10-23(5)11-13-24/h6-9,14H,10-13,15H2,1-5H3.